The number of amides is 3. The molecule has 0 bridgehead atoms. The van der Waals surface area contributed by atoms with Crippen molar-refractivity contribution in [1.29, 1.82) is 0 Å². The highest BCUT2D eigenvalue weighted by atomic mass is 16.5. The number of piperidine rings is 1. The van der Waals surface area contributed by atoms with E-state index in [0.717, 1.165) is 24.0 Å². The number of carbonyl (C=O) groups excluding carboxylic acids is 3. The summed E-state index contributed by atoms with van der Waals surface area (Å²) in [5, 5.41) is 2.33. The summed E-state index contributed by atoms with van der Waals surface area (Å²) in [5.41, 5.74) is 8.08. The Hall–Kier alpha value is -2.29. The van der Waals surface area contributed by atoms with Gasteiger partial charge in [-0.1, -0.05) is 12.1 Å². The largest absolute Gasteiger partial charge is 0.379 e. The molecule has 152 valence electrons. The van der Waals surface area contributed by atoms with Crippen molar-refractivity contribution in [2.24, 2.45) is 5.73 Å². The van der Waals surface area contributed by atoms with Crippen LogP contribution in [0.4, 0.5) is 0 Å². The topological polar surface area (TPSA) is 111 Å². The van der Waals surface area contributed by atoms with E-state index in [9.17, 15) is 14.4 Å². The van der Waals surface area contributed by atoms with E-state index in [4.69, 9.17) is 15.2 Å². The summed E-state index contributed by atoms with van der Waals surface area (Å²) < 4.78 is 10.8. The molecule has 8 heteroatoms. The second-order valence-electron chi connectivity index (χ2n) is 6.96. The van der Waals surface area contributed by atoms with Gasteiger partial charge in [-0.3, -0.25) is 19.7 Å². The second kappa shape index (κ2) is 9.77. The predicted molar refractivity (Wildman–Crippen MR) is 102 cm³/mol. The van der Waals surface area contributed by atoms with Crippen LogP contribution in [0.3, 0.4) is 0 Å². The molecular weight excluding hydrogens is 362 g/mol. The van der Waals surface area contributed by atoms with Crippen LogP contribution in [-0.2, 0) is 32.0 Å². The molecule has 1 unspecified atom stereocenters. The number of nitrogens with two attached hydrogens (primary N) is 1. The highest BCUT2D eigenvalue weighted by Gasteiger charge is 2.39. The van der Waals surface area contributed by atoms with E-state index in [2.05, 4.69) is 5.32 Å². The monoisotopic (exact) mass is 389 g/mol. The van der Waals surface area contributed by atoms with Crippen molar-refractivity contribution in [1.82, 2.24) is 10.2 Å². The summed E-state index contributed by atoms with van der Waals surface area (Å²) in [6.45, 7) is 3.14. The van der Waals surface area contributed by atoms with Crippen LogP contribution in [0.2, 0.25) is 0 Å². The number of hydrogen-bond donors (Lipinski definition) is 2. The summed E-state index contributed by atoms with van der Waals surface area (Å²) in [6.07, 6.45) is 2.26. The average molecular weight is 389 g/mol. The number of nitrogens with one attached hydrogen (secondary N) is 1. The van der Waals surface area contributed by atoms with E-state index >= 15 is 0 Å². The number of imide groups is 1. The quantitative estimate of drug-likeness (QED) is 0.442. The summed E-state index contributed by atoms with van der Waals surface area (Å²) in [5.74, 6) is -0.802. The zero-order chi connectivity index (χ0) is 19.9. The van der Waals surface area contributed by atoms with Gasteiger partial charge in [0.15, 0.2) is 0 Å². The lowest BCUT2D eigenvalue weighted by Gasteiger charge is -2.29. The zero-order valence-electron chi connectivity index (χ0n) is 15.9. The van der Waals surface area contributed by atoms with Gasteiger partial charge in [-0.2, -0.15) is 0 Å². The van der Waals surface area contributed by atoms with E-state index in [1.807, 2.05) is 12.1 Å². The standard InChI is InChI=1S/C20H27N3O5/c21-8-10-28-12-11-27-9-2-4-14-3-1-5-15-16(14)13-23(20(15)26)17-6-7-18(24)22-19(17)25/h1,3,5,17H,2,4,6-13,21H2,(H,22,24,25). The second-order valence-corrected chi connectivity index (χ2v) is 6.96. The first-order valence-electron chi connectivity index (χ1n) is 9.72. The maximum atomic E-state index is 12.8. The van der Waals surface area contributed by atoms with Gasteiger partial charge in [0.25, 0.3) is 5.91 Å². The van der Waals surface area contributed by atoms with Gasteiger partial charge in [-0.25, -0.2) is 0 Å². The molecule has 0 spiro atoms. The zero-order valence-corrected chi connectivity index (χ0v) is 15.9. The maximum absolute atomic E-state index is 12.8. The van der Waals surface area contributed by atoms with Crippen LogP contribution in [0.5, 0.6) is 0 Å². The first-order valence-corrected chi connectivity index (χ1v) is 9.72. The molecule has 2 heterocycles. The average Bonchev–Trinajstić information content (AvgIpc) is 3.01. The van der Waals surface area contributed by atoms with Crippen LogP contribution in [-0.4, -0.2) is 61.6 Å². The van der Waals surface area contributed by atoms with E-state index in [1.165, 1.54) is 0 Å². The van der Waals surface area contributed by atoms with E-state index < -0.39 is 6.04 Å². The highest BCUT2D eigenvalue weighted by molar-refractivity contribution is 6.05. The van der Waals surface area contributed by atoms with Gasteiger partial charge < -0.3 is 20.1 Å². The van der Waals surface area contributed by atoms with Crippen molar-refractivity contribution in [2.45, 2.75) is 38.3 Å². The number of benzene rings is 1. The van der Waals surface area contributed by atoms with Crippen molar-refractivity contribution < 1.29 is 23.9 Å². The molecule has 1 atom stereocenters. The number of nitrogens with zero attached hydrogens (tertiary/aromatic N) is 1. The molecular formula is C20H27N3O5. The van der Waals surface area contributed by atoms with Gasteiger partial charge in [0.1, 0.15) is 6.04 Å². The fraction of sp³-hybridized carbons (Fsp3) is 0.550. The molecule has 3 rings (SSSR count). The van der Waals surface area contributed by atoms with Crippen LogP contribution in [0.15, 0.2) is 18.2 Å². The Morgan fingerprint density at radius 1 is 1.11 bits per heavy atom. The molecule has 0 aliphatic carbocycles. The van der Waals surface area contributed by atoms with Crippen LogP contribution in [0.1, 0.15) is 40.7 Å². The van der Waals surface area contributed by atoms with Crippen molar-refractivity contribution in [3.05, 3.63) is 34.9 Å². The lowest BCUT2D eigenvalue weighted by molar-refractivity contribution is -0.136. The molecule has 1 saturated heterocycles. The fourth-order valence-corrected chi connectivity index (χ4v) is 3.65. The van der Waals surface area contributed by atoms with Crippen molar-refractivity contribution in [2.75, 3.05) is 33.0 Å². The molecule has 0 aromatic heterocycles. The van der Waals surface area contributed by atoms with Crippen molar-refractivity contribution in [3.8, 4) is 0 Å². The predicted octanol–water partition coefficient (Wildman–Crippen LogP) is 0.372. The number of carbonyl (C=O) groups is 3. The summed E-state index contributed by atoms with van der Waals surface area (Å²) in [6, 6.07) is 5.12. The Balaban J connectivity index is 1.54. The number of rotatable bonds is 10. The normalized spacial score (nSPS) is 19.1. The highest BCUT2D eigenvalue weighted by Crippen LogP contribution is 2.30. The number of aryl methyl sites for hydroxylation is 1. The molecule has 1 fully saturated rings. The third kappa shape index (κ3) is 4.76. The summed E-state index contributed by atoms with van der Waals surface area (Å²) >= 11 is 0. The van der Waals surface area contributed by atoms with E-state index in [1.54, 1.807) is 11.0 Å². The number of ether oxygens (including phenoxy) is 2. The van der Waals surface area contributed by atoms with Crippen molar-refractivity contribution >= 4 is 17.7 Å². The van der Waals surface area contributed by atoms with Crippen molar-refractivity contribution in [3.63, 3.8) is 0 Å². The van der Waals surface area contributed by atoms with Gasteiger partial charge >= 0.3 is 0 Å². The Bertz CT molecular complexity index is 737. The molecule has 3 N–H and O–H groups in total. The number of hydrogen-bond acceptors (Lipinski definition) is 6. The minimum Gasteiger partial charge on any atom is -0.379 e. The van der Waals surface area contributed by atoms with Gasteiger partial charge in [0.2, 0.25) is 11.8 Å². The smallest absolute Gasteiger partial charge is 0.255 e. The van der Waals surface area contributed by atoms with E-state index in [0.29, 0.717) is 51.5 Å². The molecule has 1 aromatic rings. The molecule has 0 saturated carbocycles. The molecule has 28 heavy (non-hydrogen) atoms. The van der Waals surface area contributed by atoms with Crippen LogP contribution < -0.4 is 11.1 Å². The van der Waals surface area contributed by atoms with Crippen LogP contribution in [0.25, 0.3) is 0 Å². The summed E-state index contributed by atoms with van der Waals surface area (Å²) in [4.78, 5) is 37.9. The summed E-state index contributed by atoms with van der Waals surface area (Å²) in [7, 11) is 0. The molecule has 2 aliphatic heterocycles. The first kappa shape index (κ1) is 20.4. The lowest BCUT2D eigenvalue weighted by Crippen LogP contribution is -2.52. The first-order chi connectivity index (χ1) is 13.6. The Morgan fingerprint density at radius 3 is 2.64 bits per heavy atom. The van der Waals surface area contributed by atoms with Crippen LogP contribution >= 0.6 is 0 Å². The molecule has 2 aliphatic rings. The molecule has 8 nitrogen and oxygen atoms in total. The minimum atomic E-state index is -0.581. The third-order valence-electron chi connectivity index (χ3n) is 5.05. The molecule has 0 radical (unpaired) electrons. The molecule has 3 amide bonds. The Morgan fingerprint density at radius 2 is 1.89 bits per heavy atom. The minimum absolute atomic E-state index is 0.139. The SMILES string of the molecule is NCCOCCOCCCc1cccc2c1CN(C1CCC(=O)NC1=O)C2=O. The fourth-order valence-electron chi connectivity index (χ4n) is 3.65. The Kier molecular flexibility index (Phi) is 7.13. The van der Waals surface area contributed by atoms with Gasteiger partial charge in [-0.15, -0.1) is 0 Å². The lowest BCUT2D eigenvalue weighted by atomic mass is 10.00. The number of fused-ring (bicyclic) bond motifs is 1. The van der Waals surface area contributed by atoms with Gasteiger partial charge in [0, 0.05) is 31.7 Å². The van der Waals surface area contributed by atoms with E-state index in [-0.39, 0.29) is 24.1 Å². The van der Waals surface area contributed by atoms with Gasteiger partial charge in [-0.05, 0) is 36.5 Å². The maximum Gasteiger partial charge on any atom is 0.255 e. The molecule has 1 aromatic carbocycles. The third-order valence-corrected chi connectivity index (χ3v) is 5.05. The van der Waals surface area contributed by atoms with Crippen LogP contribution in [0, 0.1) is 0 Å². The van der Waals surface area contributed by atoms with Gasteiger partial charge in [0.05, 0.1) is 19.8 Å². The Labute approximate surface area is 164 Å².